The summed E-state index contributed by atoms with van der Waals surface area (Å²) in [6.45, 7) is 5.94. The lowest BCUT2D eigenvalue weighted by atomic mass is 10.5. The van der Waals surface area contributed by atoms with Crippen LogP contribution in [0.1, 0.15) is 6.92 Å². The van der Waals surface area contributed by atoms with E-state index in [1.807, 2.05) is 20.2 Å². The van der Waals surface area contributed by atoms with E-state index in [4.69, 9.17) is 10.2 Å². The zero-order valence-corrected chi connectivity index (χ0v) is 9.86. The van der Waals surface area contributed by atoms with Gasteiger partial charge in [0.25, 0.3) is 0 Å². The Balaban J connectivity index is -0.000000143. The predicted molar refractivity (Wildman–Crippen MR) is 62.9 cm³/mol. The molecule has 13 heavy (non-hydrogen) atoms. The first-order valence-corrected chi connectivity index (χ1v) is 3.99. The minimum atomic E-state index is -0.861. The van der Waals surface area contributed by atoms with Crippen LogP contribution in [0.3, 0.4) is 0 Å². The molecule has 0 aromatic rings. The molecule has 0 aromatic heterocycles. The molecule has 0 amide bonds. The van der Waals surface area contributed by atoms with Crippen LogP contribution in [0.2, 0.25) is 0 Å². The summed E-state index contributed by atoms with van der Waals surface area (Å²) in [6, 6.07) is 0. The molecule has 0 aromatic carbocycles. The number of thiocarbonyl (C=S) groups is 1. The number of halogens is 1. The van der Waals surface area contributed by atoms with E-state index < -0.39 is 6.10 Å². The molecule has 0 aliphatic heterocycles. The van der Waals surface area contributed by atoms with Crippen molar-refractivity contribution >= 4 is 29.7 Å². The Morgan fingerprint density at radius 1 is 1.62 bits per heavy atom. The van der Waals surface area contributed by atoms with Crippen LogP contribution >= 0.6 is 24.6 Å². The quantitative estimate of drug-likeness (QED) is 0.565. The standard InChI is InChI=1S/C5H11N.C3H6O2S.ClH/c1-4-5-6(2)3;1-2(4)3(5)6;/h4H,1,5H2,2-3H3;2,4H,1H3,(H,5,6);1H. The van der Waals surface area contributed by atoms with Gasteiger partial charge in [0.1, 0.15) is 6.10 Å². The van der Waals surface area contributed by atoms with E-state index in [0.717, 1.165) is 6.54 Å². The van der Waals surface area contributed by atoms with E-state index in [2.05, 4.69) is 23.7 Å². The molecule has 5 heteroatoms. The van der Waals surface area contributed by atoms with Crippen LogP contribution in [-0.4, -0.2) is 46.9 Å². The number of likely N-dealkylation sites (N-methyl/N-ethyl adjacent to an activating group) is 1. The van der Waals surface area contributed by atoms with E-state index in [1.165, 1.54) is 6.92 Å². The highest BCUT2D eigenvalue weighted by Gasteiger charge is 1.95. The van der Waals surface area contributed by atoms with Gasteiger partial charge in [0.05, 0.1) is 0 Å². The van der Waals surface area contributed by atoms with Crippen LogP contribution in [0.15, 0.2) is 12.7 Å². The Labute approximate surface area is 91.5 Å². The smallest absolute Gasteiger partial charge is 0.185 e. The van der Waals surface area contributed by atoms with Crippen molar-refractivity contribution in [2.45, 2.75) is 13.0 Å². The molecule has 0 rings (SSSR count). The SMILES string of the molecule is C=CCN(C)C.CC(O)C(O)=S.Cl. The number of aliphatic hydroxyl groups is 2. The molecule has 2 N–H and O–H groups in total. The molecule has 0 radical (unpaired) electrons. The molecule has 0 bridgehead atoms. The normalized spacial score (nSPS) is 10.5. The van der Waals surface area contributed by atoms with Gasteiger partial charge in [0.2, 0.25) is 0 Å². The molecule has 0 aliphatic rings. The molecule has 0 saturated carbocycles. The number of hydrogen-bond acceptors (Lipinski definition) is 3. The summed E-state index contributed by atoms with van der Waals surface area (Å²) in [7, 11) is 4.03. The monoisotopic (exact) mass is 227 g/mol. The summed E-state index contributed by atoms with van der Waals surface area (Å²) in [6.07, 6.45) is 1.01. The van der Waals surface area contributed by atoms with Crippen molar-refractivity contribution in [2.75, 3.05) is 20.6 Å². The first-order valence-electron chi connectivity index (χ1n) is 3.58. The molecular formula is C8H18ClNO2S. The van der Waals surface area contributed by atoms with E-state index in [-0.39, 0.29) is 17.5 Å². The second-order valence-electron chi connectivity index (χ2n) is 2.57. The largest absolute Gasteiger partial charge is 0.500 e. The van der Waals surface area contributed by atoms with Gasteiger partial charge in [-0.1, -0.05) is 6.08 Å². The van der Waals surface area contributed by atoms with Gasteiger partial charge in [-0.3, -0.25) is 0 Å². The molecule has 0 fully saturated rings. The molecule has 0 heterocycles. The van der Waals surface area contributed by atoms with Crippen molar-refractivity contribution < 1.29 is 10.2 Å². The van der Waals surface area contributed by atoms with E-state index in [0.29, 0.717) is 0 Å². The Morgan fingerprint density at radius 2 is 1.92 bits per heavy atom. The number of rotatable bonds is 3. The topological polar surface area (TPSA) is 43.7 Å². The lowest BCUT2D eigenvalue weighted by Crippen LogP contribution is -2.11. The van der Waals surface area contributed by atoms with Crippen molar-refractivity contribution in [3.05, 3.63) is 12.7 Å². The summed E-state index contributed by atoms with van der Waals surface area (Å²) in [4.78, 5) is 2.06. The summed E-state index contributed by atoms with van der Waals surface area (Å²) >= 11 is 4.12. The highest BCUT2D eigenvalue weighted by atomic mass is 35.5. The minimum Gasteiger partial charge on any atom is -0.500 e. The molecule has 0 saturated heterocycles. The van der Waals surface area contributed by atoms with Crippen LogP contribution in [0.4, 0.5) is 0 Å². The summed E-state index contributed by atoms with van der Waals surface area (Å²) in [5.74, 6) is 0. The van der Waals surface area contributed by atoms with Crippen LogP contribution in [0, 0.1) is 0 Å². The lowest BCUT2D eigenvalue weighted by molar-refractivity contribution is 0.241. The van der Waals surface area contributed by atoms with Gasteiger partial charge >= 0.3 is 0 Å². The third-order valence-electron chi connectivity index (χ3n) is 0.852. The average Bonchev–Trinajstić information content (AvgIpc) is 1.87. The van der Waals surface area contributed by atoms with Crippen LogP contribution in [-0.2, 0) is 0 Å². The van der Waals surface area contributed by atoms with Gasteiger partial charge in [-0.15, -0.1) is 19.0 Å². The number of nitrogens with zero attached hydrogens (tertiary/aromatic N) is 1. The Morgan fingerprint density at radius 3 is 1.92 bits per heavy atom. The van der Waals surface area contributed by atoms with Crippen molar-refractivity contribution in [1.29, 1.82) is 0 Å². The fraction of sp³-hybridized carbons (Fsp3) is 0.625. The molecule has 3 nitrogen and oxygen atoms in total. The second-order valence-corrected chi connectivity index (χ2v) is 2.98. The van der Waals surface area contributed by atoms with Crippen molar-refractivity contribution in [3.63, 3.8) is 0 Å². The van der Waals surface area contributed by atoms with Gasteiger partial charge in [-0.05, 0) is 33.2 Å². The lowest BCUT2D eigenvalue weighted by Gasteiger charge is -2.01. The summed E-state index contributed by atoms with van der Waals surface area (Å²) in [5.41, 5.74) is 0. The predicted octanol–water partition coefficient (Wildman–Crippen LogP) is 1.41. The zero-order valence-electron chi connectivity index (χ0n) is 8.23. The molecule has 1 atom stereocenters. The van der Waals surface area contributed by atoms with Crippen LogP contribution in [0.25, 0.3) is 0 Å². The first kappa shape index (κ1) is 18.6. The second kappa shape index (κ2) is 11.8. The molecular weight excluding hydrogens is 210 g/mol. The van der Waals surface area contributed by atoms with Gasteiger partial charge in [0.15, 0.2) is 5.05 Å². The molecule has 0 spiro atoms. The van der Waals surface area contributed by atoms with Gasteiger partial charge in [-0.25, -0.2) is 0 Å². The maximum atomic E-state index is 8.24. The maximum absolute atomic E-state index is 8.24. The summed E-state index contributed by atoms with van der Waals surface area (Å²) in [5, 5.41) is 16.0. The summed E-state index contributed by atoms with van der Waals surface area (Å²) < 4.78 is 0. The highest BCUT2D eigenvalue weighted by Crippen LogP contribution is 1.78. The number of aliphatic hydroxyl groups excluding tert-OH is 2. The molecule has 1 unspecified atom stereocenters. The van der Waals surface area contributed by atoms with Crippen LogP contribution < -0.4 is 0 Å². The maximum Gasteiger partial charge on any atom is 0.185 e. The Bertz CT molecular complexity index is 140. The molecule has 80 valence electrons. The fourth-order valence-electron chi connectivity index (χ4n) is 0.258. The van der Waals surface area contributed by atoms with E-state index in [1.54, 1.807) is 0 Å². The fourth-order valence-corrected chi connectivity index (χ4v) is 0.258. The van der Waals surface area contributed by atoms with Gasteiger partial charge < -0.3 is 15.1 Å². The van der Waals surface area contributed by atoms with Crippen molar-refractivity contribution in [3.8, 4) is 0 Å². The first-order chi connectivity index (χ1) is 5.41. The third-order valence-corrected chi connectivity index (χ3v) is 1.19. The Kier molecular flexibility index (Phi) is 16.9. The van der Waals surface area contributed by atoms with E-state index >= 15 is 0 Å². The molecule has 0 aliphatic carbocycles. The van der Waals surface area contributed by atoms with Crippen molar-refractivity contribution in [2.24, 2.45) is 0 Å². The van der Waals surface area contributed by atoms with Crippen LogP contribution in [0.5, 0.6) is 0 Å². The highest BCUT2D eigenvalue weighted by molar-refractivity contribution is 7.80. The average molecular weight is 228 g/mol. The van der Waals surface area contributed by atoms with E-state index in [9.17, 15) is 0 Å². The third kappa shape index (κ3) is 24.5. The van der Waals surface area contributed by atoms with Gasteiger partial charge in [-0.2, -0.15) is 0 Å². The Hall–Kier alpha value is -0.160. The van der Waals surface area contributed by atoms with Crippen molar-refractivity contribution in [1.82, 2.24) is 4.90 Å². The number of hydrogen-bond donors (Lipinski definition) is 2. The zero-order chi connectivity index (χ0) is 10.1. The minimum absolute atomic E-state index is 0. The van der Waals surface area contributed by atoms with Gasteiger partial charge in [0, 0.05) is 6.54 Å².